The fourth-order valence-electron chi connectivity index (χ4n) is 2.99. The van der Waals surface area contributed by atoms with Gasteiger partial charge in [-0.1, -0.05) is 23.4 Å². The summed E-state index contributed by atoms with van der Waals surface area (Å²) in [5, 5.41) is 16.1. The first kappa shape index (κ1) is 19.7. The van der Waals surface area contributed by atoms with Crippen molar-refractivity contribution < 1.29 is 13.2 Å². The summed E-state index contributed by atoms with van der Waals surface area (Å²) in [4.78, 5) is 16.9. The number of carbonyl (C=O) groups excluding carboxylic acids is 1. The number of carbonyl (C=O) groups is 1. The minimum absolute atomic E-state index is 0.0576. The molecule has 0 unspecified atom stereocenters. The molecular weight excluding hydrogens is 404 g/mol. The van der Waals surface area contributed by atoms with Crippen molar-refractivity contribution in [3.63, 3.8) is 0 Å². The highest BCUT2D eigenvalue weighted by atomic mass is 32.2. The zero-order valence-corrected chi connectivity index (χ0v) is 16.6. The average Bonchev–Trinajstić information content (AvgIpc) is 3.18. The molecule has 0 bridgehead atoms. The highest BCUT2D eigenvalue weighted by Gasteiger charge is 2.11. The normalized spacial score (nSPS) is 11.5. The maximum Gasteiger partial charge on any atom is 0.251 e. The van der Waals surface area contributed by atoms with Crippen LogP contribution in [-0.2, 0) is 16.4 Å². The standard InChI is InChI=1S/C20H18N6O3S/c21-30(28,29)17-8-6-14(7-9-17)10-12-23-20(27)15-3-1-4-16(13-15)26-19-18(24-25-26)5-2-11-22-19/h1-9,11,13H,10,12H2,(H,23,27)(H2,21,28,29). The molecular formula is C20H18N6O3S. The van der Waals surface area contributed by atoms with Gasteiger partial charge in [0.2, 0.25) is 10.0 Å². The van der Waals surface area contributed by atoms with E-state index in [4.69, 9.17) is 5.14 Å². The number of primary sulfonamides is 1. The van der Waals surface area contributed by atoms with Crippen LogP contribution in [0, 0.1) is 0 Å². The third-order valence-corrected chi connectivity index (χ3v) is 5.44. The third kappa shape index (κ3) is 4.19. The molecule has 0 radical (unpaired) electrons. The highest BCUT2D eigenvalue weighted by molar-refractivity contribution is 7.89. The van der Waals surface area contributed by atoms with Gasteiger partial charge in [-0.05, 0) is 54.4 Å². The van der Waals surface area contributed by atoms with Gasteiger partial charge in [0, 0.05) is 18.3 Å². The molecule has 4 rings (SSSR count). The number of pyridine rings is 1. The molecule has 0 fully saturated rings. The maximum absolute atomic E-state index is 12.5. The van der Waals surface area contributed by atoms with E-state index >= 15 is 0 Å². The Bertz CT molecular complexity index is 1320. The Kier molecular flexibility index (Phi) is 5.25. The highest BCUT2D eigenvalue weighted by Crippen LogP contribution is 2.15. The van der Waals surface area contributed by atoms with E-state index in [1.807, 2.05) is 12.1 Å². The van der Waals surface area contributed by atoms with Crippen LogP contribution in [0.1, 0.15) is 15.9 Å². The smallest absolute Gasteiger partial charge is 0.251 e. The second kappa shape index (κ2) is 8.01. The second-order valence-corrected chi connectivity index (χ2v) is 8.15. The minimum atomic E-state index is -3.71. The number of nitrogens with zero attached hydrogens (tertiary/aromatic N) is 4. The van der Waals surface area contributed by atoms with Gasteiger partial charge in [-0.3, -0.25) is 4.79 Å². The van der Waals surface area contributed by atoms with Crippen molar-refractivity contribution in [2.45, 2.75) is 11.3 Å². The molecule has 0 aliphatic heterocycles. The predicted octanol–water partition coefficient (Wildman–Crippen LogP) is 1.44. The Morgan fingerprint density at radius 3 is 2.63 bits per heavy atom. The quantitative estimate of drug-likeness (QED) is 0.483. The zero-order valence-electron chi connectivity index (χ0n) is 15.8. The van der Waals surface area contributed by atoms with Gasteiger partial charge in [0.15, 0.2) is 5.65 Å². The van der Waals surface area contributed by atoms with Crippen LogP contribution in [0.25, 0.3) is 16.9 Å². The van der Waals surface area contributed by atoms with Crippen molar-refractivity contribution in [3.05, 3.63) is 78.0 Å². The van der Waals surface area contributed by atoms with Crippen molar-refractivity contribution in [1.82, 2.24) is 25.3 Å². The van der Waals surface area contributed by atoms with Crippen LogP contribution in [0.5, 0.6) is 0 Å². The first-order valence-corrected chi connectivity index (χ1v) is 10.6. The van der Waals surface area contributed by atoms with Gasteiger partial charge in [-0.25, -0.2) is 18.5 Å². The van der Waals surface area contributed by atoms with Gasteiger partial charge in [-0.2, -0.15) is 4.68 Å². The lowest BCUT2D eigenvalue weighted by molar-refractivity contribution is 0.0954. The first-order chi connectivity index (χ1) is 14.4. The van der Waals surface area contributed by atoms with E-state index in [2.05, 4.69) is 20.6 Å². The lowest BCUT2D eigenvalue weighted by Gasteiger charge is -2.08. The number of nitrogens with two attached hydrogens (primary N) is 1. The summed E-state index contributed by atoms with van der Waals surface area (Å²) < 4.78 is 24.2. The molecule has 3 N–H and O–H groups in total. The maximum atomic E-state index is 12.5. The first-order valence-electron chi connectivity index (χ1n) is 9.09. The molecule has 2 aromatic carbocycles. The van der Waals surface area contributed by atoms with Crippen LogP contribution in [0.2, 0.25) is 0 Å². The fraction of sp³-hybridized carbons (Fsp3) is 0.100. The predicted molar refractivity (Wildman–Crippen MR) is 111 cm³/mol. The molecule has 0 saturated heterocycles. The summed E-state index contributed by atoms with van der Waals surface area (Å²) in [7, 11) is -3.71. The number of amides is 1. The van der Waals surface area contributed by atoms with E-state index in [-0.39, 0.29) is 10.8 Å². The number of hydrogen-bond donors (Lipinski definition) is 2. The Labute approximate surface area is 172 Å². The van der Waals surface area contributed by atoms with Gasteiger partial charge in [0.25, 0.3) is 5.91 Å². The van der Waals surface area contributed by atoms with Crippen LogP contribution in [0.4, 0.5) is 0 Å². The minimum Gasteiger partial charge on any atom is -0.352 e. The molecule has 1 amide bonds. The summed E-state index contributed by atoms with van der Waals surface area (Å²) in [6.45, 7) is 0.394. The topological polar surface area (TPSA) is 133 Å². The molecule has 10 heteroatoms. The molecule has 152 valence electrons. The molecule has 0 aliphatic carbocycles. The van der Waals surface area contributed by atoms with Gasteiger partial charge in [-0.15, -0.1) is 5.10 Å². The summed E-state index contributed by atoms with van der Waals surface area (Å²) in [5.74, 6) is -0.226. The number of rotatable bonds is 6. The van der Waals surface area contributed by atoms with Crippen molar-refractivity contribution in [2.24, 2.45) is 5.14 Å². The molecule has 2 aromatic heterocycles. The van der Waals surface area contributed by atoms with E-state index < -0.39 is 10.0 Å². The Hall–Kier alpha value is -3.63. The lowest BCUT2D eigenvalue weighted by Crippen LogP contribution is -2.25. The summed E-state index contributed by atoms with van der Waals surface area (Å²) in [6.07, 6.45) is 2.21. The van der Waals surface area contributed by atoms with Crippen molar-refractivity contribution in [1.29, 1.82) is 0 Å². The van der Waals surface area contributed by atoms with Crippen LogP contribution in [-0.4, -0.2) is 40.8 Å². The van der Waals surface area contributed by atoms with Crippen molar-refractivity contribution in [3.8, 4) is 5.69 Å². The summed E-state index contributed by atoms with van der Waals surface area (Å²) in [6, 6.07) is 16.9. The molecule has 0 atom stereocenters. The monoisotopic (exact) mass is 422 g/mol. The van der Waals surface area contributed by atoms with Crippen LogP contribution >= 0.6 is 0 Å². The SMILES string of the molecule is NS(=O)(=O)c1ccc(CCNC(=O)c2cccc(-n3nnc4cccnc43)c2)cc1. The van der Waals surface area contributed by atoms with Crippen LogP contribution in [0.15, 0.2) is 71.8 Å². The number of aromatic nitrogens is 4. The number of benzene rings is 2. The van der Waals surface area contributed by atoms with Crippen LogP contribution in [0.3, 0.4) is 0 Å². The second-order valence-electron chi connectivity index (χ2n) is 6.59. The number of sulfonamides is 1. The molecule has 9 nitrogen and oxygen atoms in total. The Morgan fingerprint density at radius 1 is 1.07 bits per heavy atom. The molecule has 0 aliphatic rings. The molecule has 0 saturated carbocycles. The van der Waals surface area contributed by atoms with Gasteiger partial charge >= 0.3 is 0 Å². The van der Waals surface area contributed by atoms with E-state index in [0.717, 1.165) is 5.56 Å². The summed E-state index contributed by atoms with van der Waals surface area (Å²) >= 11 is 0. The third-order valence-electron chi connectivity index (χ3n) is 4.51. The van der Waals surface area contributed by atoms with E-state index in [9.17, 15) is 13.2 Å². The molecule has 30 heavy (non-hydrogen) atoms. The summed E-state index contributed by atoms with van der Waals surface area (Å²) in [5.41, 5.74) is 3.33. The fourth-order valence-corrected chi connectivity index (χ4v) is 3.50. The van der Waals surface area contributed by atoms with E-state index in [0.29, 0.717) is 35.4 Å². The van der Waals surface area contributed by atoms with Gasteiger partial charge in [0.1, 0.15) is 5.52 Å². The van der Waals surface area contributed by atoms with E-state index in [1.54, 1.807) is 47.3 Å². The number of hydrogen-bond acceptors (Lipinski definition) is 6. The molecule has 2 heterocycles. The van der Waals surface area contributed by atoms with Gasteiger partial charge in [0.05, 0.1) is 10.6 Å². The number of fused-ring (bicyclic) bond motifs is 1. The Morgan fingerprint density at radius 2 is 1.87 bits per heavy atom. The number of nitrogens with one attached hydrogen (secondary N) is 1. The lowest BCUT2D eigenvalue weighted by atomic mass is 10.1. The van der Waals surface area contributed by atoms with Crippen LogP contribution < -0.4 is 10.5 Å². The molecule has 4 aromatic rings. The van der Waals surface area contributed by atoms with E-state index in [1.165, 1.54) is 12.1 Å². The van der Waals surface area contributed by atoms with Gasteiger partial charge < -0.3 is 5.32 Å². The van der Waals surface area contributed by atoms with Crippen molar-refractivity contribution in [2.75, 3.05) is 6.54 Å². The average molecular weight is 422 g/mol. The van der Waals surface area contributed by atoms with Crippen molar-refractivity contribution >= 4 is 27.1 Å². The zero-order chi connectivity index (χ0) is 21.1. The Balaban J connectivity index is 1.42. The molecule has 0 spiro atoms. The largest absolute Gasteiger partial charge is 0.352 e.